The molecule has 4 nitrogen and oxygen atoms in total. The smallest absolute Gasteiger partial charge is 0.305 e. The summed E-state index contributed by atoms with van der Waals surface area (Å²) in [6.45, 7) is 8.22. The summed E-state index contributed by atoms with van der Waals surface area (Å²) in [6.07, 6.45) is 14.8. The van der Waals surface area contributed by atoms with Gasteiger partial charge in [0.2, 0.25) is 0 Å². The molecule has 1 aromatic carbocycles. The fraction of sp³-hybridized carbons (Fsp3) is 0.758. The van der Waals surface area contributed by atoms with Crippen molar-refractivity contribution in [2.45, 2.75) is 104 Å². The Hall–Kier alpha value is -1.46. The molecule has 9 unspecified atom stereocenters. The van der Waals surface area contributed by atoms with Gasteiger partial charge in [-0.1, -0.05) is 32.9 Å². The summed E-state index contributed by atoms with van der Waals surface area (Å²) in [6, 6.07) is 8.57. The van der Waals surface area contributed by atoms with Gasteiger partial charge in [-0.05, 0) is 129 Å². The maximum atomic E-state index is 10.9. The van der Waals surface area contributed by atoms with E-state index in [2.05, 4.69) is 45.0 Å². The first kappa shape index (κ1) is 26.7. The average Bonchev–Trinajstić information content (AvgIpc) is 3.47. The fourth-order valence-corrected chi connectivity index (χ4v) is 11.2. The lowest BCUT2D eigenvalue weighted by Gasteiger charge is -2.61. The molecule has 4 saturated carbocycles. The van der Waals surface area contributed by atoms with Gasteiger partial charge in [0, 0.05) is 0 Å². The summed E-state index contributed by atoms with van der Waals surface area (Å²) in [5.74, 6) is 4.29. The van der Waals surface area contributed by atoms with Gasteiger partial charge in [-0.15, -0.1) is 11.3 Å². The SMILES string of the molecule is CC(CCc1nc2ccccc2s1)C1CCC2C3CCC4CC(OCCC(=O)O)CCC4(C)C3CCC12C. The van der Waals surface area contributed by atoms with Crippen LogP contribution in [0.1, 0.15) is 96.4 Å². The minimum absolute atomic E-state index is 0.129. The molecule has 1 aromatic heterocycles. The van der Waals surface area contributed by atoms with Crippen molar-refractivity contribution in [1.29, 1.82) is 0 Å². The van der Waals surface area contributed by atoms with Gasteiger partial charge in [-0.3, -0.25) is 4.79 Å². The molecule has 4 fully saturated rings. The van der Waals surface area contributed by atoms with Crippen LogP contribution >= 0.6 is 11.3 Å². The van der Waals surface area contributed by atoms with Crippen LogP contribution in [0.25, 0.3) is 10.2 Å². The van der Waals surface area contributed by atoms with E-state index in [0.717, 1.165) is 60.3 Å². The molecule has 0 aliphatic heterocycles. The number of carbonyl (C=O) groups is 1. The van der Waals surface area contributed by atoms with Crippen LogP contribution in [0.15, 0.2) is 24.3 Å². The van der Waals surface area contributed by atoms with Gasteiger partial charge in [0.1, 0.15) is 0 Å². The van der Waals surface area contributed by atoms with Gasteiger partial charge in [-0.2, -0.15) is 0 Å². The summed E-state index contributed by atoms with van der Waals surface area (Å²) in [5.41, 5.74) is 2.12. The van der Waals surface area contributed by atoms with E-state index in [1.807, 2.05) is 11.3 Å². The number of thiazole rings is 1. The van der Waals surface area contributed by atoms with Gasteiger partial charge >= 0.3 is 5.97 Å². The van der Waals surface area contributed by atoms with E-state index >= 15 is 0 Å². The number of carboxylic acids is 1. The van der Waals surface area contributed by atoms with Crippen molar-refractivity contribution in [3.63, 3.8) is 0 Å². The van der Waals surface area contributed by atoms with Gasteiger partial charge in [0.05, 0.1) is 34.4 Å². The molecule has 5 heteroatoms. The van der Waals surface area contributed by atoms with E-state index in [9.17, 15) is 4.79 Å². The van der Waals surface area contributed by atoms with E-state index in [4.69, 9.17) is 14.8 Å². The zero-order valence-corrected chi connectivity index (χ0v) is 24.5. The van der Waals surface area contributed by atoms with Crippen LogP contribution in [0, 0.1) is 46.3 Å². The first-order valence-electron chi connectivity index (χ1n) is 15.5. The normalized spacial score (nSPS) is 39.3. The minimum Gasteiger partial charge on any atom is -0.481 e. The number of rotatable bonds is 8. The highest BCUT2D eigenvalue weighted by molar-refractivity contribution is 7.18. The average molecular weight is 538 g/mol. The summed E-state index contributed by atoms with van der Waals surface area (Å²) in [4.78, 5) is 15.8. The second kappa shape index (κ2) is 10.5. The summed E-state index contributed by atoms with van der Waals surface area (Å²) in [7, 11) is 0. The number of aryl methyl sites for hydroxylation is 1. The highest BCUT2D eigenvalue weighted by Gasteiger charge is 2.60. The fourth-order valence-electron chi connectivity index (χ4n) is 10.2. The lowest BCUT2D eigenvalue weighted by molar-refractivity contribution is -0.144. The first-order valence-corrected chi connectivity index (χ1v) is 16.3. The van der Waals surface area contributed by atoms with E-state index < -0.39 is 5.97 Å². The van der Waals surface area contributed by atoms with Gasteiger partial charge in [0.25, 0.3) is 0 Å². The Morgan fingerprint density at radius 2 is 1.87 bits per heavy atom. The largest absolute Gasteiger partial charge is 0.481 e. The minimum atomic E-state index is -0.752. The third-order valence-corrected chi connectivity index (χ3v) is 13.3. The Balaban J connectivity index is 1.09. The molecule has 1 N–H and O–H groups in total. The molecule has 9 atom stereocenters. The van der Waals surface area contributed by atoms with Crippen molar-refractivity contribution < 1.29 is 14.6 Å². The van der Waals surface area contributed by atoms with Crippen LogP contribution in [0.5, 0.6) is 0 Å². The van der Waals surface area contributed by atoms with Gasteiger partial charge in [0.15, 0.2) is 0 Å². The van der Waals surface area contributed by atoms with E-state index in [1.54, 1.807) is 0 Å². The topological polar surface area (TPSA) is 59.4 Å². The van der Waals surface area contributed by atoms with E-state index in [-0.39, 0.29) is 12.5 Å². The van der Waals surface area contributed by atoms with Crippen molar-refractivity contribution in [3.05, 3.63) is 29.3 Å². The van der Waals surface area contributed by atoms with Crippen molar-refractivity contribution in [1.82, 2.24) is 4.98 Å². The maximum Gasteiger partial charge on any atom is 0.305 e. The summed E-state index contributed by atoms with van der Waals surface area (Å²) >= 11 is 1.89. The molecule has 4 aliphatic carbocycles. The quantitative estimate of drug-likeness (QED) is 0.367. The number of ether oxygens (including phenoxy) is 1. The molecule has 4 aliphatic rings. The highest BCUT2D eigenvalue weighted by Crippen LogP contribution is 2.68. The maximum absolute atomic E-state index is 10.9. The predicted molar refractivity (Wildman–Crippen MR) is 154 cm³/mol. The first-order chi connectivity index (χ1) is 18.3. The molecule has 2 aromatic rings. The third-order valence-electron chi connectivity index (χ3n) is 12.2. The van der Waals surface area contributed by atoms with Crippen molar-refractivity contribution in [2.24, 2.45) is 46.3 Å². The van der Waals surface area contributed by atoms with Crippen molar-refractivity contribution >= 4 is 27.5 Å². The van der Waals surface area contributed by atoms with Gasteiger partial charge in [-0.25, -0.2) is 4.98 Å². The van der Waals surface area contributed by atoms with Crippen LogP contribution in [-0.2, 0) is 16.0 Å². The highest BCUT2D eigenvalue weighted by atomic mass is 32.1. The zero-order chi connectivity index (χ0) is 26.5. The lowest BCUT2D eigenvalue weighted by atomic mass is 9.44. The number of aliphatic carboxylic acids is 1. The van der Waals surface area contributed by atoms with Gasteiger partial charge < -0.3 is 9.84 Å². The summed E-state index contributed by atoms with van der Waals surface area (Å²) in [5, 5.41) is 10.3. The number of benzene rings is 1. The van der Waals surface area contributed by atoms with Crippen LogP contribution in [-0.4, -0.2) is 28.8 Å². The number of carboxylic acid groups (broad SMARTS) is 1. The van der Waals surface area contributed by atoms with Crippen molar-refractivity contribution in [2.75, 3.05) is 6.61 Å². The molecule has 38 heavy (non-hydrogen) atoms. The number of aromatic nitrogens is 1. The molecule has 0 bridgehead atoms. The second-order valence-electron chi connectivity index (χ2n) is 13.9. The number of para-hydroxylation sites is 1. The Kier molecular flexibility index (Phi) is 7.39. The van der Waals surface area contributed by atoms with Crippen LogP contribution < -0.4 is 0 Å². The van der Waals surface area contributed by atoms with Crippen LogP contribution in [0.2, 0.25) is 0 Å². The number of fused-ring (bicyclic) bond motifs is 6. The van der Waals surface area contributed by atoms with Crippen molar-refractivity contribution in [3.8, 4) is 0 Å². The second-order valence-corrected chi connectivity index (χ2v) is 15.0. The van der Waals surface area contributed by atoms with E-state index in [0.29, 0.717) is 17.4 Å². The number of hydrogen-bond donors (Lipinski definition) is 1. The molecule has 208 valence electrons. The van der Waals surface area contributed by atoms with Crippen LogP contribution in [0.4, 0.5) is 0 Å². The lowest BCUT2D eigenvalue weighted by Crippen LogP contribution is -2.54. The summed E-state index contributed by atoms with van der Waals surface area (Å²) < 4.78 is 7.36. The molecule has 0 spiro atoms. The van der Waals surface area contributed by atoms with E-state index in [1.165, 1.54) is 61.1 Å². The molecule has 0 saturated heterocycles. The molecule has 1 heterocycles. The Morgan fingerprint density at radius 1 is 1.08 bits per heavy atom. The molecule has 6 rings (SSSR count). The standard InChI is InChI=1S/C33H47NO3S/c1-21(8-13-30-34-28-6-4-5-7-29(28)38-30)25-11-12-26-24-10-9-22-20-23(37-19-16-31(35)36)14-17-32(22,2)27(24)15-18-33(25,26)3/h4-7,21-27H,8-20H2,1-3H3,(H,35,36). The zero-order valence-electron chi connectivity index (χ0n) is 23.7. The predicted octanol–water partition coefficient (Wildman–Crippen LogP) is 8.38. The Labute approximate surface area is 233 Å². The monoisotopic (exact) mass is 537 g/mol. The molecule has 0 radical (unpaired) electrons. The Morgan fingerprint density at radius 3 is 2.68 bits per heavy atom. The molecular weight excluding hydrogens is 490 g/mol. The number of nitrogens with zero attached hydrogens (tertiary/aromatic N) is 1. The third kappa shape index (κ3) is 4.74. The number of hydrogen-bond acceptors (Lipinski definition) is 4. The van der Waals surface area contributed by atoms with Crippen LogP contribution in [0.3, 0.4) is 0 Å². The molecular formula is C33H47NO3S. The molecule has 0 amide bonds. The Bertz CT molecular complexity index is 1110.